The van der Waals surface area contributed by atoms with Crippen LogP contribution in [0.5, 0.6) is 0 Å². The van der Waals surface area contributed by atoms with Crippen LogP contribution in [0.2, 0.25) is 0 Å². The Morgan fingerprint density at radius 2 is 2.12 bits per heavy atom. The van der Waals surface area contributed by atoms with Gasteiger partial charge in [-0.2, -0.15) is 0 Å². The first kappa shape index (κ1) is 13.5. The molecular weight excluding hydrogens is 204 g/mol. The summed E-state index contributed by atoms with van der Waals surface area (Å²) in [7, 11) is 1.79. The van der Waals surface area contributed by atoms with Gasteiger partial charge in [-0.05, 0) is 46.1 Å². The number of hydrogen-bond acceptors (Lipinski definition) is 3. The van der Waals surface area contributed by atoms with E-state index in [-0.39, 0.29) is 5.91 Å². The summed E-state index contributed by atoms with van der Waals surface area (Å²) in [5, 5.41) is 5.87. The minimum Gasteiger partial charge on any atom is -0.381 e. The van der Waals surface area contributed by atoms with Crippen LogP contribution >= 0.6 is 0 Å². The summed E-state index contributed by atoms with van der Waals surface area (Å²) in [6, 6.07) is 0. The van der Waals surface area contributed by atoms with Crippen molar-refractivity contribution in [2.75, 3.05) is 26.8 Å². The molecule has 0 bridgehead atoms. The molecule has 0 aromatic heterocycles. The third-order valence-corrected chi connectivity index (χ3v) is 2.99. The van der Waals surface area contributed by atoms with Crippen molar-refractivity contribution in [2.45, 2.75) is 38.6 Å². The van der Waals surface area contributed by atoms with Crippen molar-refractivity contribution in [1.29, 1.82) is 0 Å². The number of ether oxygens (including phenoxy) is 1. The first-order valence-corrected chi connectivity index (χ1v) is 6.11. The second-order valence-electron chi connectivity index (χ2n) is 5.00. The molecule has 1 aliphatic rings. The largest absolute Gasteiger partial charge is 0.381 e. The van der Waals surface area contributed by atoms with E-state index in [2.05, 4.69) is 10.6 Å². The van der Waals surface area contributed by atoms with E-state index >= 15 is 0 Å². The lowest BCUT2D eigenvalue weighted by Crippen LogP contribution is -2.51. The third-order valence-electron chi connectivity index (χ3n) is 2.99. The number of carbonyl (C=O) groups excluding carboxylic acids is 1. The Labute approximate surface area is 98.1 Å². The number of carbonyl (C=O) groups is 1. The summed E-state index contributed by atoms with van der Waals surface area (Å²) in [4.78, 5) is 11.6. The van der Waals surface area contributed by atoms with Crippen LogP contribution in [0.25, 0.3) is 0 Å². The number of rotatable bonds is 8. The van der Waals surface area contributed by atoms with Crippen molar-refractivity contribution in [1.82, 2.24) is 10.6 Å². The van der Waals surface area contributed by atoms with Crippen LogP contribution in [0.15, 0.2) is 0 Å². The van der Waals surface area contributed by atoms with E-state index in [1.807, 2.05) is 13.8 Å². The highest BCUT2D eigenvalue weighted by Crippen LogP contribution is 2.28. The zero-order chi connectivity index (χ0) is 12.0. The molecule has 0 aromatic rings. The molecule has 1 fully saturated rings. The van der Waals surface area contributed by atoms with E-state index < -0.39 is 5.54 Å². The topological polar surface area (TPSA) is 50.4 Å². The zero-order valence-corrected chi connectivity index (χ0v) is 10.6. The fraction of sp³-hybridized carbons (Fsp3) is 0.917. The lowest BCUT2D eigenvalue weighted by molar-refractivity contribution is -0.126. The highest BCUT2D eigenvalue weighted by atomic mass is 16.5. The average molecular weight is 228 g/mol. The van der Waals surface area contributed by atoms with E-state index in [4.69, 9.17) is 4.74 Å². The molecule has 1 saturated carbocycles. The van der Waals surface area contributed by atoms with Crippen molar-refractivity contribution in [3.05, 3.63) is 0 Å². The molecule has 16 heavy (non-hydrogen) atoms. The zero-order valence-electron chi connectivity index (χ0n) is 10.6. The summed E-state index contributed by atoms with van der Waals surface area (Å²) in [5.74, 6) is 0.856. The van der Waals surface area contributed by atoms with Crippen LogP contribution in [0.3, 0.4) is 0 Å². The molecule has 0 atom stereocenters. The summed E-state index contributed by atoms with van der Waals surface area (Å²) >= 11 is 0. The second-order valence-corrected chi connectivity index (χ2v) is 5.00. The number of hydrogen-bond donors (Lipinski definition) is 2. The van der Waals surface area contributed by atoms with E-state index in [0.717, 1.165) is 25.6 Å². The molecule has 4 heteroatoms. The maximum Gasteiger partial charge on any atom is 0.239 e. The van der Waals surface area contributed by atoms with Crippen LogP contribution < -0.4 is 10.6 Å². The number of likely N-dealkylation sites (N-methyl/N-ethyl adjacent to an activating group) is 1. The molecule has 0 spiro atoms. The van der Waals surface area contributed by atoms with Gasteiger partial charge in [-0.15, -0.1) is 0 Å². The minimum absolute atomic E-state index is 0.0391. The Hall–Kier alpha value is -0.610. The van der Waals surface area contributed by atoms with Crippen molar-refractivity contribution < 1.29 is 9.53 Å². The quantitative estimate of drug-likeness (QED) is 0.607. The van der Waals surface area contributed by atoms with Gasteiger partial charge >= 0.3 is 0 Å². The van der Waals surface area contributed by atoms with Gasteiger partial charge in [0, 0.05) is 19.8 Å². The summed E-state index contributed by atoms with van der Waals surface area (Å²) in [5.41, 5.74) is -0.491. The highest BCUT2D eigenvalue weighted by Gasteiger charge is 2.24. The molecule has 1 rings (SSSR count). The Morgan fingerprint density at radius 1 is 1.44 bits per heavy atom. The standard InChI is InChI=1S/C12H24N2O2/c1-12(2,13-3)11(15)14-7-4-8-16-9-10-5-6-10/h10,13H,4-9H2,1-3H3,(H,14,15). The van der Waals surface area contributed by atoms with Gasteiger partial charge in [0.25, 0.3) is 0 Å². The van der Waals surface area contributed by atoms with Gasteiger partial charge in [-0.25, -0.2) is 0 Å². The molecule has 0 aromatic carbocycles. The Balaban J connectivity index is 1.95. The van der Waals surface area contributed by atoms with E-state index in [0.29, 0.717) is 6.54 Å². The van der Waals surface area contributed by atoms with E-state index in [1.165, 1.54) is 12.8 Å². The molecule has 0 aliphatic heterocycles. The van der Waals surface area contributed by atoms with Gasteiger partial charge in [-0.1, -0.05) is 0 Å². The van der Waals surface area contributed by atoms with Gasteiger partial charge in [0.1, 0.15) is 0 Å². The van der Waals surface area contributed by atoms with Crippen LogP contribution in [-0.2, 0) is 9.53 Å². The Bertz CT molecular complexity index is 225. The van der Waals surface area contributed by atoms with Gasteiger partial charge in [-0.3, -0.25) is 4.79 Å². The molecule has 1 amide bonds. The van der Waals surface area contributed by atoms with Crippen LogP contribution in [0.1, 0.15) is 33.1 Å². The van der Waals surface area contributed by atoms with Gasteiger partial charge in [0.05, 0.1) is 5.54 Å². The van der Waals surface area contributed by atoms with Crippen molar-refractivity contribution in [3.63, 3.8) is 0 Å². The van der Waals surface area contributed by atoms with Crippen molar-refractivity contribution in [2.24, 2.45) is 5.92 Å². The summed E-state index contributed by atoms with van der Waals surface area (Å²) in [6.07, 6.45) is 3.54. The smallest absolute Gasteiger partial charge is 0.239 e. The van der Waals surface area contributed by atoms with Crippen molar-refractivity contribution >= 4 is 5.91 Å². The molecule has 0 heterocycles. The van der Waals surface area contributed by atoms with Crippen molar-refractivity contribution in [3.8, 4) is 0 Å². The maximum atomic E-state index is 11.6. The molecule has 0 saturated heterocycles. The predicted octanol–water partition coefficient (Wildman–Crippen LogP) is 0.917. The predicted molar refractivity (Wildman–Crippen MR) is 64.3 cm³/mol. The molecule has 1 aliphatic carbocycles. The van der Waals surface area contributed by atoms with Crippen LogP contribution in [0.4, 0.5) is 0 Å². The normalized spacial score (nSPS) is 16.2. The number of nitrogens with one attached hydrogen (secondary N) is 2. The average Bonchev–Trinajstić information content (AvgIpc) is 3.06. The fourth-order valence-corrected chi connectivity index (χ4v) is 1.25. The lowest BCUT2D eigenvalue weighted by Gasteiger charge is -2.22. The second kappa shape index (κ2) is 6.21. The SMILES string of the molecule is CNC(C)(C)C(=O)NCCCOCC1CC1. The highest BCUT2D eigenvalue weighted by molar-refractivity contribution is 5.85. The number of amides is 1. The maximum absolute atomic E-state index is 11.6. The molecule has 4 nitrogen and oxygen atoms in total. The monoisotopic (exact) mass is 228 g/mol. The van der Waals surface area contributed by atoms with E-state index in [9.17, 15) is 4.79 Å². The third kappa shape index (κ3) is 4.94. The molecule has 94 valence electrons. The van der Waals surface area contributed by atoms with Gasteiger partial charge < -0.3 is 15.4 Å². The molecule has 2 N–H and O–H groups in total. The fourth-order valence-electron chi connectivity index (χ4n) is 1.25. The molecular formula is C12H24N2O2. The Morgan fingerprint density at radius 3 is 2.69 bits per heavy atom. The van der Waals surface area contributed by atoms with Gasteiger partial charge in [0.2, 0.25) is 5.91 Å². The first-order valence-electron chi connectivity index (χ1n) is 6.11. The summed E-state index contributed by atoms with van der Waals surface area (Å²) < 4.78 is 5.48. The Kier molecular flexibility index (Phi) is 5.22. The lowest BCUT2D eigenvalue weighted by atomic mass is 10.1. The van der Waals surface area contributed by atoms with E-state index in [1.54, 1.807) is 7.05 Å². The molecule has 0 unspecified atom stereocenters. The molecule has 0 radical (unpaired) electrons. The minimum atomic E-state index is -0.491. The van der Waals surface area contributed by atoms with Gasteiger partial charge in [0.15, 0.2) is 0 Å². The van der Waals surface area contributed by atoms with Crippen LogP contribution in [-0.4, -0.2) is 38.3 Å². The first-order chi connectivity index (χ1) is 7.56. The van der Waals surface area contributed by atoms with Crippen LogP contribution in [0, 0.1) is 5.92 Å². The summed E-state index contributed by atoms with van der Waals surface area (Å²) in [6.45, 7) is 6.07.